The molecular formula is C23H20N4O2S. The summed E-state index contributed by atoms with van der Waals surface area (Å²) in [5, 5.41) is 3.51. The second kappa shape index (κ2) is 6.80. The van der Waals surface area contributed by atoms with Crippen LogP contribution in [0.5, 0.6) is 0 Å². The number of aromatic amines is 1. The molecular weight excluding hydrogens is 396 g/mol. The van der Waals surface area contributed by atoms with Gasteiger partial charge in [0.1, 0.15) is 16.2 Å². The summed E-state index contributed by atoms with van der Waals surface area (Å²) in [7, 11) is 0. The number of H-pyrrole nitrogens is 1. The van der Waals surface area contributed by atoms with Gasteiger partial charge in [0.25, 0.3) is 5.56 Å². The molecule has 0 atom stereocenters. The van der Waals surface area contributed by atoms with Gasteiger partial charge in [-0.2, -0.15) is 0 Å². The summed E-state index contributed by atoms with van der Waals surface area (Å²) >= 11 is 1.55. The van der Waals surface area contributed by atoms with E-state index in [0.29, 0.717) is 27.7 Å². The third-order valence-corrected chi connectivity index (χ3v) is 6.89. The van der Waals surface area contributed by atoms with Gasteiger partial charge in [-0.3, -0.25) is 14.3 Å². The Labute approximate surface area is 176 Å². The number of aromatic nitrogens is 4. The molecule has 0 amide bonds. The maximum Gasteiger partial charge on any atom is 0.330 e. The standard InChI is InChI=1S/C23H20N4O2S/c28-21-18-20(27(16-10-11-16)23(29)26-21)24-19(14-8-9-14)25-22(18)30-12-15-6-3-5-13-4-1-2-7-17(13)15/h1-7,14,16H,8-12H2,(H,26,28,29). The molecule has 0 aliphatic heterocycles. The van der Waals surface area contributed by atoms with Crippen LogP contribution in [0.4, 0.5) is 0 Å². The van der Waals surface area contributed by atoms with Crippen molar-refractivity contribution in [2.24, 2.45) is 0 Å². The SMILES string of the molecule is O=c1[nH]c(=O)n(C2CC2)c2nc(C3CC3)nc(SCc3cccc4ccccc34)c12. The predicted octanol–water partition coefficient (Wildman–Crippen LogP) is 4.14. The number of benzene rings is 2. The van der Waals surface area contributed by atoms with E-state index in [0.717, 1.165) is 31.5 Å². The Morgan fingerprint density at radius 1 is 1.00 bits per heavy atom. The summed E-state index contributed by atoms with van der Waals surface area (Å²) < 4.78 is 1.67. The fourth-order valence-electron chi connectivity index (χ4n) is 4.00. The summed E-state index contributed by atoms with van der Waals surface area (Å²) in [4.78, 5) is 37.3. The number of thioether (sulfide) groups is 1. The average molecular weight is 417 g/mol. The van der Waals surface area contributed by atoms with E-state index < -0.39 is 5.56 Å². The fourth-order valence-corrected chi connectivity index (χ4v) is 5.03. The first-order chi connectivity index (χ1) is 14.7. The van der Waals surface area contributed by atoms with Crippen molar-refractivity contribution in [1.82, 2.24) is 19.5 Å². The number of fused-ring (bicyclic) bond motifs is 2. The molecule has 30 heavy (non-hydrogen) atoms. The van der Waals surface area contributed by atoms with Crippen molar-refractivity contribution in [1.29, 1.82) is 0 Å². The number of nitrogens with one attached hydrogen (secondary N) is 1. The minimum Gasteiger partial charge on any atom is -0.274 e. The molecule has 2 aromatic carbocycles. The van der Waals surface area contributed by atoms with Crippen LogP contribution in [0.1, 0.15) is 49.0 Å². The van der Waals surface area contributed by atoms with Crippen molar-refractivity contribution < 1.29 is 0 Å². The lowest BCUT2D eigenvalue weighted by molar-refractivity contribution is 0.691. The van der Waals surface area contributed by atoms with Crippen molar-refractivity contribution in [3.63, 3.8) is 0 Å². The van der Waals surface area contributed by atoms with E-state index in [1.54, 1.807) is 16.3 Å². The van der Waals surface area contributed by atoms with Gasteiger partial charge in [-0.15, -0.1) is 11.8 Å². The van der Waals surface area contributed by atoms with Crippen molar-refractivity contribution >= 4 is 33.6 Å². The lowest BCUT2D eigenvalue weighted by Gasteiger charge is -2.12. The largest absolute Gasteiger partial charge is 0.330 e. The second-order valence-electron chi connectivity index (χ2n) is 8.15. The highest BCUT2D eigenvalue weighted by molar-refractivity contribution is 7.98. The summed E-state index contributed by atoms with van der Waals surface area (Å²) in [5.41, 5.74) is 0.948. The molecule has 0 spiro atoms. The van der Waals surface area contributed by atoms with Crippen LogP contribution in [0.15, 0.2) is 57.1 Å². The molecule has 0 bridgehead atoms. The van der Waals surface area contributed by atoms with Crippen molar-refractivity contribution in [2.45, 2.75) is 48.4 Å². The third kappa shape index (κ3) is 3.04. The smallest absolute Gasteiger partial charge is 0.274 e. The maximum absolute atomic E-state index is 12.8. The van der Waals surface area contributed by atoms with Gasteiger partial charge in [0.05, 0.1) is 0 Å². The normalized spacial score (nSPS) is 16.4. The van der Waals surface area contributed by atoms with Crippen LogP contribution in [0.25, 0.3) is 21.8 Å². The van der Waals surface area contributed by atoms with Crippen LogP contribution in [-0.2, 0) is 5.75 Å². The Balaban J connectivity index is 1.49. The maximum atomic E-state index is 12.8. The third-order valence-electron chi connectivity index (χ3n) is 5.87. The van der Waals surface area contributed by atoms with Crippen LogP contribution < -0.4 is 11.2 Å². The Kier molecular flexibility index (Phi) is 4.06. The fraction of sp³-hybridized carbons (Fsp3) is 0.304. The van der Waals surface area contributed by atoms with Gasteiger partial charge < -0.3 is 0 Å². The zero-order chi connectivity index (χ0) is 20.2. The molecule has 150 valence electrons. The number of rotatable bonds is 5. The van der Waals surface area contributed by atoms with E-state index in [1.807, 2.05) is 12.1 Å². The van der Waals surface area contributed by atoms with E-state index in [1.165, 1.54) is 16.3 Å². The van der Waals surface area contributed by atoms with E-state index in [2.05, 4.69) is 35.3 Å². The van der Waals surface area contributed by atoms with Gasteiger partial charge in [0.15, 0.2) is 5.65 Å². The first kappa shape index (κ1) is 17.9. The van der Waals surface area contributed by atoms with Gasteiger partial charge >= 0.3 is 5.69 Å². The Bertz CT molecular complexity index is 1410. The molecule has 2 saturated carbocycles. The number of nitrogens with zero attached hydrogens (tertiary/aromatic N) is 3. The van der Waals surface area contributed by atoms with Gasteiger partial charge in [-0.05, 0) is 42.0 Å². The molecule has 2 fully saturated rings. The molecule has 0 radical (unpaired) electrons. The van der Waals surface area contributed by atoms with Crippen molar-refractivity contribution in [3.05, 3.63) is 74.7 Å². The Hall–Kier alpha value is -2.93. The molecule has 2 aliphatic rings. The molecule has 6 rings (SSSR count). The molecule has 2 aliphatic carbocycles. The zero-order valence-electron chi connectivity index (χ0n) is 16.3. The second-order valence-corrected chi connectivity index (χ2v) is 9.11. The molecule has 4 aromatic rings. The molecule has 1 N–H and O–H groups in total. The van der Waals surface area contributed by atoms with Gasteiger partial charge in [-0.1, -0.05) is 42.5 Å². The minimum atomic E-state index is -0.394. The molecule has 0 unspecified atom stereocenters. The summed E-state index contributed by atoms with van der Waals surface area (Å²) in [6.07, 6.45) is 4.02. The highest BCUT2D eigenvalue weighted by atomic mass is 32.2. The lowest BCUT2D eigenvalue weighted by Crippen LogP contribution is -2.31. The quantitative estimate of drug-likeness (QED) is 0.391. The molecule has 2 aromatic heterocycles. The highest BCUT2D eigenvalue weighted by Crippen LogP contribution is 2.41. The topological polar surface area (TPSA) is 80.6 Å². The van der Waals surface area contributed by atoms with Crippen LogP contribution in [-0.4, -0.2) is 19.5 Å². The average Bonchev–Trinajstić information content (AvgIpc) is 3.65. The minimum absolute atomic E-state index is 0.134. The van der Waals surface area contributed by atoms with Crippen LogP contribution in [0.2, 0.25) is 0 Å². The van der Waals surface area contributed by atoms with Crippen molar-refractivity contribution in [2.75, 3.05) is 0 Å². The summed E-state index contributed by atoms with van der Waals surface area (Å²) in [5.74, 6) is 1.80. The van der Waals surface area contributed by atoms with E-state index in [4.69, 9.17) is 9.97 Å². The monoisotopic (exact) mass is 416 g/mol. The highest BCUT2D eigenvalue weighted by Gasteiger charge is 2.32. The molecule has 2 heterocycles. The lowest BCUT2D eigenvalue weighted by atomic mass is 10.1. The first-order valence-corrected chi connectivity index (χ1v) is 11.3. The summed E-state index contributed by atoms with van der Waals surface area (Å²) in [6, 6.07) is 14.7. The molecule has 6 nitrogen and oxygen atoms in total. The van der Waals surface area contributed by atoms with E-state index in [9.17, 15) is 9.59 Å². The Morgan fingerprint density at radius 2 is 1.80 bits per heavy atom. The number of hydrogen-bond acceptors (Lipinski definition) is 5. The van der Waals surface area contributed by atoms with Crippen LogP contribution >= 0.6 is 11.8 Å². The van der Waals surface area contributed by atoms with Gasteiger partial charge in [0.2, 0.25) is 0 Å². The molecule has 0 saturated heterocycles. The van der Waals surface area contributed by atoms with Crippen LogP contribution in [0, 0.1) is 0 Å². The number of hydrogen-bond donors (Lipinski definition) is 1. The van der Waals surface area contributed by atoms with E-state index in [-0.39, 0.29) is 11.7 Å². The predicted molar refractivity (Wildman–Crippen MR) is 118 cm³/mol. The Morgan fingerprint density at radius 3 is 2.60 bits per heavy atom. The zero-order valence-corrected chi connectivity index (χ0v) is 17.1. The van der Waals surface area contributed by atoms with Gasteiger partial charge in [0, 0.05) is 17.7 Å². The molecule has 7 heteroatoms. The first-order valence-electron chi connectivity index (χ1n) is 10.3. The van der Waals surface area contributed by atoms with Crippen LogP contribution in [0.3, 0.4) is 0 Å². The summed E-state index contributed by atoms with van der Waals surface area (Å²) in [6.45, 7) is 0. The van der Waals surface area contributed by atoms with Gasteiger partial charge in [-0.25, -0.2) is 14.8 Å². The van der Waals surface area contributed by atoms with E-state index >= 15 is 0 Å². The van der Waals surface area contributed by atoms with Crippen molar-refractivity contribution in [3.8, 4) is 0 Å².